The Hall–Kier alpha value is -2.45. The minimum atomic E-state index is -0.585. The first-order valence-corrected chi connectivity index (χ1v) is 10.2. The summed E-state index contributed by atoms with van der Waals surface area (Å²) in [5, 5.41) is 13.9. The van der Waals surface area contributed by atoms with Crippen molar-refractivity contribution in [3.8, 4) is 0 Å². The van der Waals surface area contributed by atoms with Crippen LogP contribution in [-0.4, -0.2) is 16.7 Å². The van der Waals surface area contributed by atoms with Crippen molar-refractivity contribution in [1.29, 1.82) is 0 Å². The molecule has 1 heterocycles. The van der Waals surface area contributed by atoms with Gasteiger partial charge in [0.15, 0.2) is 0 Å². The maximum Gasteiger partial charge on any atom is 0.270 e. The molecule has 148 valence electrons. The van der Waals surface area contributed by atoms with Crippen molar-refractivity contribution >= 4 is 45.4 Å². The molecule has 1 atom stereocenters. The number of nitrogens with two attached hydrogens (primary N) is 1. The van der Waals surface area contributed by atoms with Crippen molar-refractivity contribution in [2.24, 2.45) is 11.7 Å². The number of nitrogens with zero attached hydrogens (tertiary/aromatic N) is 1. The third kappa shape index (κ3) is 4.02. The number of rotatable bonds is 6. The Labute approximate surface area is 171 Å². The fourth-order valence-corrected chi connectivity index (χ4v) is 5.25. The van der Waals surface area contributed by atoms with Crippen LogP contribution in [0.3, 0.4) is 0 Å². The second kappa shape index (κ2) is 8.28. The van der Waals surface area contributed by atoms with E-state index in [1.165, 1.54) is 23.5 Å². The monoisotopic (exact) mass is 421 g/mol. The number of nitrogens with one attached hydrogen (secondary N) is 1. The summed E-state index contributed by atoms with van der Waals surface area (Å²) in [5.41, 5.74) is 6.77. The van der Waals surface area contributed by atoms with E-state index in [4.69, 9.17) is 17.3 Å². The summed E-state index contributed by atoms with van der Waals surface area (Å²) in [4.78, 5) is 36.0. The molecule has 0 bridgehead atoms. The lowest BCUT2D eigenvalue weighted by Gasteiger charge is -2.21. The maximum absolute atomic E-state index is 12.7. The number of hydrogen-bond donors (Lipinski definition) is 2. The molecule has 0 spiro atoms. The normalized spacial score (nSPS) is 15.7. The number of nitro groups is 1. The molecule has 0 aliphatic heterocycles. The summed E-state index contributed by atoms with van der Waals surface area (Å²) in [7, 11) is 0. The number of primary amides is 1. The zero-order valence-corrected chi connectivity index (χ0v) is 16.9. The van der Waals surface area contributed by atoms with Crippen LogP contribution >= 0.6 is 22.9 Å². The minimum absolute atomic E-state index is 0.0309. The first kappa shape index (κ1) is 20.3. The molecule has 3 rings (SSSR count). The number of halogens is 1. The van der Waals surface area contributed by atoms with Gasteiger partial charge in [0.05, 0.1) is 21.1 Å². The molecule has 0 fully saturated rings. The molecule has 2 amide bonds. The second-order valence-corrected chi connectivity index (χ2v) is 8.36. The van der Waals surface area contributed by atoms with Gasteiger partial charge < -0.3 is 11.1 Å². The van der Waals surface area contributed by atoms with Crippen molar-refractivity contribution in [2.45, 2.75) is 39.0 Å². The van der Waals surface area contributed by atoms with Crippen LogP contribution in [-0.2, 0) is 12.8 Å². The highest BCUT2D eigenvalue weighted by atomic mass is 35.5. The van der Waals surface area contributed by atoms with Crippen LogP contribution in [0.25, 0.3) is 0 Å². The van der Waals surface area contributed by atoms with Crippen LogP contribution in [0.4, 0.5) is 10.7 Å². The molecular weight excluding hydrogens is 402 g/mol. The number of benzene rings is 1. The average Bonchev–Trinajstić information content (AvgIpc) is 2.98. The molecule has 9 heteroatoms. The van der Waals surface area contributed by atoms with Crippen LogP contribution in [0, 0.1) is 16.0 Å². The number of thiophene rings is 1. The van der Waals surface area contributed by atoms with Gasteiger partial charge in [-0.15, -0.1) is 11.3 Å². The van der Waals surface area contributed by atoms with Gasteiger partial charge in [-0.25, -0.2) is 0 Å². The number of fused-ring (bicyclic) bond motifs is 1. The van der Waals surface area contributed by atoms with E-state index in [0.717, 1.165) is 48.6 Å². The Kier molecular flexibility index (Phi) is 6.00. The highest BCUT2D eigenvalue weighted by molar-refractivity contribution is 7.17. The topological polar surface area (TPSA) is 115 Å². The number of non-ortho nitro benzene ring substituents is 1. The molecule has 7 nitrogen and oxygen atoms in total. The Bertz CT molecular complexity index is 957. The smallest absolute Gasteiger partial charge is 0.270 e. The first-order chi connectivity index (χ1) is 13.3. The average molecular weight is 422 g/mol. The highest BCUT2D eigenvalue weighted by Gasteiger charge is 2.29. The molecule has 1 aliphatic carbocycles. The number of anilines is 1. The zero-order chi connectivity index (χ0) is 20.4. The highest BCUT2D eigenvalue weighted by Crippen LogP contribution is 2.40. The van der Waals surface area contributed by atoms with Crippen molar-refractivity contribution < 1.29 is 14.5 Å². The molecule has 0 saturated carbocycles. The summed E-state index contributed by atoms with van der Waals surface area (Å²) in [6, 6.07) is 3.63. The van der Waals surface area contributed by atoms with Gasteiger partial charge in [-0.05, 0) is 36.8 Å². The fourth-order valence-electron chi connectivity index (χ4n) is 3.63. The van der Waals surface area contributed by atoms with Gasteiger partial charge in [-0.3, -0.25) is 19.7 Å². The lowest BCUT2D eigenvalue weighted by molar-refractivity contribution is -0.384. The Morgan fingerprint density at radius 1 is 1.43 bits per heavy atom. The molecule has 1 aromatic carbocycles. The van der Waals surface area contributed by atoms with Gasteiger partial charge in [-0.2, -0.15) is 0 Å². The Balaban J connectivity index is 1.89. The van der Waals surface area contributed by atoms with E-state index in [-0.39, 0.29) is 16.3 Å². The molecule has 28 heavy (non-hydrogen) atoms. The largest absolute Gasteiger partial charge is 0.365 e. The molecule has 1 aliphatic rings. The summed E-state index contributed by atoms with van der Waals surface area (Å²) in [5.74, 6) is -0.535. The molecular formula is C19H20ClN3O4S. The van der Waals surface area contributed by atoms with Crippen LogP contribution in [0.15, 0.2) is 18.2 Å². The second-order valence-electron chi connectivity index (χ2n) is 6.85. The number of amides is 2. The summed E-state index contributed by atoms with van der Waals surface area (Å²) in [6.45, 7) is 2.15. The zero-order valence-electron chi connectivity index (χ0n) is 15.3. The SMILES string of the molecule is CCCC1CCc2c(sc(NC(=O)c3ccc([N+](=O)[O-])cc3Cl)c2C(N)=O)C1. The van der Waals surface area contributed by atoms with E-state index in [2.05, 4.69) is 12.2 Å². The predicted molar refractivity (Wildman–Crippen MR) is 109 cm³/mol. The van der Waals surface area contributed by atoms with Crippen molar-refractivity contribution in [1.82, 2.24) is 0 Å². The van der Waals surface area contributed by atoms with Gasteiger partial charge in [-0.1, -0.05) is 31.4 Å². The maximum atomic E-state index is 12.7. The van der Waals surface area contributed by atoms with Crippen LogP contribution in [0.2, 0.25) is 5.02 Å². The molecule has 0 radical (unpaired) electrons. The predicted octanol–water partition coefficient (Wildman–Crippen LogP) is 4.57. The molecule has 2 aromatic rings. The van der Waals surface area contributed by atoms with Gasteiger partial charge in [0.1, 0.15) is 5.00 Å². The summed E-state index contributed by atoms with van der Waals surface area (Å²) < 4.78 is 0. The van der Waals surface area contributed by atoms with Gasteiger partial charge in [0.2, 0.25) is 0 Å². The first-order valence-electron chi connectivity index (χ1n) is 9.01. The van der Waals surface area contributed by atoms with E-state index in [1.807, 2.05) is 0 Å². The van der Waals surface area contributed by atoms with Crippen LogP contribution < -0.4 is 11.1 Å². The van der Waals surface area contributed by atoms with E-state index in [0.29, 0.717) is 16.5 Å². The van der Waals surface area contributed by atoms with Crippen molar-refractivity contribution in [3.05, 3.63) is 54.9 Å². The van der Waals surface area contributed by atoms with Gasteiger partial charge in [0, 0.05) is 17.0 Å². The van der Waals surface area contributed by atoms with E-state index in [1.54, 1.807) is 0 Å². The van der Waals surface area contributed by atoms with Crippen molar-refractivity contribution in [3.63, 3.8) is 0 Å². The lowest BCUT2D eigenvalue weighted by atomic mass is 9.84. The Morgan fingerprint density at radius 3 is 2.79 bits per heavy atom. The third-order valence-electron chi connectivity index (χ3n) is 4.95. The number of carbonyl (C=O) groups excluding carboxylic acids is 2. The Morgan fingerprint density at radius 2 is 2.18 bits per heavy atom. The number of nitro benzene ring substituents is 1. The van der Waals surface area contributed by atoms with Gasteiger partial charge in [0.25, 0.3) is 17.5 Å². The van der Waals surface area contributed by atoms with Crippen molar-refractivity contribution in [2.75, 3.05) is 5.32 Å². The number of carbonyl (C=O) groups is 2. The molecule has 0 saturated heterocycles. The van der Waals surface area contributed by atoms with E-state index in [9.17, 15) is 19.7 Å². The van der Waals surface area contributed by atoms with E-state index < -0.39 is 16.7 Å². The van der Waals surface area contributed by atoms with Crippen LogP contribution in [0.5, 0.6) is 0 Å². The lowest BCUT2D eigenvalue weighted by Crippen LogP contribution is -2.20. The molecule has 1 unspecified atom stereocenters. The van der Waals surface area contributed by atoms with Gasteiger partial charge >= 0.3 is 0 Å². The summed E-state index contributed by atoms with van der Waals surface area (Å²) >= 11 is 7.41. The van der Waals surface area contributed by atoms with E-state index >= 15 is 0 Å². The van der Waals surface area contributed by atoms with Crippen LogP contribution in [0.1, 0.15) is 57.3 Å². The third-order valence-corrected chi connectivity index (χ3v) is 6.43. The molecule has 3 N–H and O–H groups in total. The quantitative estimate of drug-likeness (QED) is 0.525. The standard InChI is InChI=1S/C19H20ClN3O4S/c1-2-3-10-4-6-13-15(8-10)28-19(16(13)17(21)24)22-18(25)12-7-5-11(23(26)27)9-14(12)20/h5,7,9-10H,2-4,6,8H2,1H3,(H2,21,24)(H,22,25). The molecule has 1 aromatic heterocycles. The fraction of sp³-hybridized carbons (Fsp3) is 0.368. The minimum Gasteiger partial charge on any atom is -0.365 e. The number of hydrogen-bond acceptors (Lipinski definition) is 5. The summed E-state index contributed by atoms with van der Waals surface area (Å²) in [6.07, 6.45) is 4.88.